The van der Waals surface area contributed by atoms with E-state index < -0.39 is 40.3 Å². The van der Waals surface area contributed by atoms with E-state index in [2.05, 4.69) is 20.9 Å². The van der Waals surface area contributed by atoms with Gasteiger partial charge in [-0.05, 0) is 82.7 Å². The summed E-state index contributed by atoms with van der Waals surface area (Å²) in [4.78, 5) is 29.7. The SMILES string of the molecule is CC(C)(O)c1ccc(C2(O)CCC([C@]3(NC(=O)CNC(=O)c4cccc(C(F)(F)F)c4)CCNC3)CC2)nc1. The number of pyridine rings is 1. The fourth-order valence-corrected chi connectivity index (χ4v) is 5.62. The molecule has 2 aromatic rings. The summed E-state index contributed by atoms with van der Waals surface area (Å²) < 4.78 is 38.9. The third kappa shape index (κ3) is 6.59. The molecule has 0 unspecified atom stereocenters. The predicted octanol–water partition coefficient (Wildman–Crippen LogP) is 2.98. The zero-order chi connectivity index (χ0) is 28.5. The molecule has 1 aliphatic carbocycles. The van der Waals surface area contributed by atoms with Crippen molar-refractivity contribution in [1.29, 1.82) is 0 Å². The van der Waals surface area contributed by atoms with Gasteiger partial charge in [-0.2, -0.15) is 13.2 Å². The number of halogens is 3. The number of rotatable bonds is 7. The van der Waals surface area contributed by atoms with Crippen LogP contribution in [0.2, 0.25) is 0 Å². The molecule has 1 aromatic heterocycles. The fraction of sp³-hybridized carbons (Fsp3) is 0.536. The third-order valence-corrected chi connectivity index (χ3v) is 7.98. The van der Waals surface area contributed by atoms with Crippen molar-refractivity contribution in [2.45, 2.75) is 68.9 Å². The molecule has 2 amide bonds. The molecule has 1 saturated heterocycles. The van der Waals surface area contributed by atoms with Crippen molar-refractivity contribution in [2.75, 3.05) is 19.6 Å². The van der Waals surface area contributed by atoms with Crippen molar-refractivity contribution in [3.8, 4) is 0 Å². The molecule has 0 radical (unpaired) electrons. The molecule has 212 valence electrons. The van der Waals surface area contributed by atoms with E-state index >= 15 is 0 Å². The zero-order valence-electron chi connectivity index (χ0n) is 22.1. The standard InChI is InChI=1S/C28H35F3N4O4/c1-25(2,38)21-6-7-22(33-15-21)27(39)10-8-19(9-11-27)26(12-13-32-17-26)35-23(36)16-34-24(37)18-4-3-5-20(14-18)28(29,30)31/h3-7,14-15,19,32,38-39H,8-13,16-17H2,1-2H3,(H,34,37)(H,35,36)/t19?,26-,27?/m0/s1. The highest BCUT2D eigenvalue weighted by Gasteiger charge is 2.47. The van der Waals surface area contributed by atoms with Crippen LogP contribution in [0, 0.1) is 5.92 Å². The quantitative estimate of drug-likeness (QED) is 0.363. The van der Waals surface area contributed by atoms with Crippen LogP contribution in [0.4, 0.5) is 13.2 Å². The highest BCUT2D eigenvalue weighted by molar-refractivity contribution is 5.96. The fourth-order valence-electron chi connectivity index (χ4n) is 5.62. The van der Waals surface area contributed by atoms with E-state index in [9.17, 15) is 33.0 Å². The number of hydrogen-bond donors (Lipinski definition) is 5. The van der Waals surface area contributed by atoms with Gasteiger partial charge in [0.2, 0.25) is 5.91 Å². The van der Waals surface area contributed by atoms with Crippen LogP contribution < -0.4 is 16.0 Å². The van der Waals surface area contributed by atoms with E-state index in [0.717, 1.165) is 18.2 Å². The molecule has 2 heterocycles. The molecule has 2 aliphatic rings. The van der Waals surface area contributed by atoms with Gasteiger partial charge in [0.15, 0.2) is 0 Å². The Balaban J connectivity index is 1.36. The van der Waals surface area contributed by atoms with Gasteiger partial charge < -0.3 is 26.2 Å². The van der Waals surface area contributed by atoms with Gasteiger partial charge in [0.1, 0.15) is 5.60 Å². The van der Waals surface area contributed by atoms with Crippen molar-refractivity contribution >= 4 is 11.8 Å². The molecule has 1 aliphatic heterocycles. The van der Waals surface area contributed by atoms with E-state index in [4.69, 9.17) is 0 Å². The number of amides is 2. The van der Waals surface area contributed by atoms with Gasteiger partial charge in [0, 0.05) is 23.9 Å². The van der Waals surface area contributed by atoms with Crippen LogP contribution in [0.5, 0.6) is 0 Å². The first-order valence-electron chi connectivity index (χ1n) is 13.1. The lowest BCUT2D eigenvalue weighted by molar-refractivity contribution is -0.137. The molecule has 5 N–H and O–H groups in total. The molecule has 1 atom stereocenters. The maximum Gasteiger partial charge on any atom is 0.416 e. The third-order valence-electron chi connectivity index (χ3n) is 7.98. The Labute approximate surface area is 225 Å². The maximum atomic E-state index is 13.0. The lowest BCUT2D eigenvalue weighted by Crippen LogP contribution is -2.58. The Morgan fingerprint density at radius 3 is 2.38 bits per heavy atom. The van der Waals surface area contributed by atoms with Gasteiger partial charge in [-0.15, -0.1) is 0 Å². The predicted molar refractivity (Wildman–Crippen MR) is 137 cm³/mol. The van der Waals surface area contributed by atoms with Crippen LogP contribution >= 0.6 is 0 Å². The molecule has 1 aromatic carbocycles. The Hall–Kier alpha value is -3.02. The maximum absolute atomic E-state index is 13.0. The minimum Gasteiger partial charge on any atom is -0.386 e. The van der Waals surface area contributed by atoms with Crippen molar-refractivity contribution in [1.82, 2.24) is 20.9 Å². The number of hydrogen-bond acceptors (Lipinski definition) is 6. The summed E-state index contributed by atoms with van der Waals surface area (Å²) in [5.74, 6) is -1.11. The van der Waals surface area contributed by atoms with Crippen LogP contribution in [-0.2, 0) is 22.2 Å². The van der Waals surface area contributed by atoms with Crippen molar-refractivity contribution < 1.29 is 33.0 Å². The normalized spacial score (nSPS) is 25.8. The van der Waals surface area contributed by atoms with Crippen molar-refractivity contribution in [3.63, 3.8) is 0 Å². The second-order valence-electron chi connectivity index (χ2n) is 11.2. The summed E-state index contributed by atoms with van der Waals surface area (Å²) in [5, 5.41) is 30.3. The monoisotopic (exact) mass is 548 g/mol. The zero-order valence-corrected chi connectivity index (χ0v) is 22.1. The summed E-state index contributed by atoms with van der Waals surface area (Å²) in [7, 11) is 0. The highest BCUT2D eigenvalue weighted by atomic mass is 19.4. The molecule has 11 heteroatoms. The average Bonchev–Trinajstić information content (AvgIpc) is 3.36. The number of aliphatic hydroxyl groups is 2. The second kappa shape index (κ2) is 10.9. The molecule has 39 heavy (non-hydrogen) atoms. The van der Waals surface area contributed by atoms with E-state index in [-0.39, 0.29) is 18.0 Å². The summed E-state index contributed by atoms with van der Waals surface area (Å²) >= 11 is 0. The number of benzene rings is 1. The number of nitrogens with zero attached hydrogens (tertiary/aromatic N) is 1. The van der Waals surface area contributed by atoms with Gasteiger partial charge in [-0.3, -0.25) is 14.6 Å². The van der Waals surface area contributed by atoms with Gasteiger partial charge >= 0.3 is 6.18 Å². The summed E-state index contributed by atoms with van der Waals surface area (Å²) in [6, 6.07) is 7.57. The van der Waals surface area contributed by atoms with E-state index in [0.29, 0.717) is 56.5 Å². The number of aromatic nitrogens is 1. The number of carbonyl (C=O) groups excluding carboxylic acids is 2. The first kappa shape index (κ1) is 29.0. The summed E-state index contributed by atoms with van der Waals surface area (Å²) in [6.07, 6.45) is -0.115. The molecule has 2 fully saturated rings. The molecule has 0 bridgehead atoms. The average molecular weight is 549 g/mol. The van der Waals surface area contributed by atoms with Crippen LogP contribution in [0.15, 0.2) is 42.6 Å². The van der Waals surface area contributed by atoms with Gasteiger partial charge in [-0.25, -0.2) is 0 Å². The van der Waals surface area contributed by atoms with Crippen LogP contribution in [0.3, 0.4) is 0 Å². The molecule has 0 spiro atoms. The largest absolute Gasteiger partial charge is 0.416 e. The lowest BCUT2D eigenvalue weighted by Gasteiger charge is -2.44. The number of alkyl halides is 3. The van der Waals surface area contributed by atoms with E-state index in [1.54, 1.807) is 32.2 Å². The smallest absolute Gasteiger partial charge is 0.386 e. The molecule has 8 nitrogen and oxygen atoms in total. The first-order valence-corrected chi connectivity index (χ1v) is 13.1. The lowest BCUT2D eigenvalue weighted by atomic mass is 9.68. The minimum atomic E-state index is -4.57. The summed E-state index contributed by atoms with van der Waals surface area (Å²) in [5.41, 5.74) is -2.60. The Morgan fingerprint density at radius 1 is 1.10 bits per heavy atom. The van der Waals surface area contributed by atoms with Crippen LogP contribution in [0.25, 0.3) is 0 Å². The van der Waals surface area contributed by atoms with Gasteiger partial charge in [0.05, 0.1) is 28.9 Å². The Kier molecular flexibility index (Phi) is 8.07. The first-order chi connectivity index (χ1) is 18.2. The number of carbonyl (C=O) groups is 2. The molecular formula is C28H35F3N4O4. The molecular weight excluding hydrogens is 513 g/mol. The van der Waals surface area contributed by atoms with Crippen molar-refractivity contribution in [2.24, 2.45) is 5.92 Å². The summed E-state index contributed by atoms with van der Waals surface area (Å²) in [6.45, 7) is 4.22. The second-order valence-corrected chi connectivity index (χ2v) is 11.2. The van der Waals surface area contributed by atoms with Gasteiger partial charge in [-0.1, -0.05) is 12.1 Å². The van der Waals surface area contributed by atoms with E-state index in [1.807, 2.05) is 0 Å². The van der Waals surface area contributed by atoms with Gasteiger partial charge in [0.25, 0.3) is 5.91 Å². The minimum absolute atomic E-state index is 0.0755. The topological polar surface area (TPSA) is 124 Å². The highest BCUT2D eigenvalue weighted by Crippen LogP contribution is 2.44. The van der Waals surface area contributed by atoms with Crippen LogP contribution in [-0.4, -0.2) is 52.2 Å². The van der Waals surface area contributed by atoms with Crippen molar-refractivity contribution in [3.05, 3.63) is 65.0 Å². The molecule has 1 saturated carbocycles. The molecule has 4 rings (SSSR count). The number of nitrogens with one attached hydrogen (secondary N) is 3. The Morgan fingerprint density at radius 2 is 1.82 bits per heavy atom. The Bertz CT molecular complexity index is 1180. The van der Waals surface area contributed by atoms with Crippen LogP contribution in [0.1, 0.15) is 73.1 Å². The van der Waals surface area contributed by atoms with E-state index in [1.165, 1.54) is 6.07 Å².